The van der Waals surface area contributed by atoms with Crippen molar-refractivity contribution in [2.45, 2.75) is 141 Å². The van der Waals surface area contributed by atoms with Crippen molar-refractivity contribution in [3.8, 4) is 0 Å². The zero-order chi connectivity index (χ0) is 30.3. The third kappa shape index (κ3) is 7.54. The Balaban J connectivity index is 1.59. The molecule has 0 unspecified atom stereocenters. The number of esters is 4. The van der Waals surface area contributed by atoms with E-state index in [0.29, 0.717) is 6.42 Å². The van der Waals surface area contributed by atoms with Crippen molar-refractivity contribution in [2.24, 2.45) is 0 Å². The molecule has 4 heterocycles. The van der Waals surface area contributed by atoms with Gasteiger partial charge in [-0.05, 0) is 40.5 Å². The van der Waals surface area contributed by atoms with Crippen LogP contribution in [0.15, 0.2) is 0 Å². The molecule has 4 saturated heterocycles. The van der Waals surface area contributed by atoms with Crippen molar-refractivity contribution in [1.82, 2.24) is 0 Å². The van der Waals surface area contributed by atoms with Gasteiger partial charge in [0.1, 0.15) is 31.0 Å². The van der Waals surface area contributed by atoms with Crippen molar-refractivity contribution in [3.63, 3.8) is 0 Å². The van der Waals surface area contributed by atoms with Gasteiger partial charge in [0.25, 0.3) is 0 Å². The van der Waals surface area contributed by atoms with Crippen molar-refractivity contribution in [1.29, 1.82) is 0 Å². The standard InChI is InChI=1S/C27H40O14/c1-12(28)32-11-18-20(34-14(3)30)22(35-15(4)31)19(33-13(2)29)16(36-18)9-10-17-21-23(39-26(5,6)38-21)24-25(37-17)41-27(7,8)40-24/h16-25H,9-11H2,1-8H3/t16-,17+,18+,19-,20-,21-,22+,23-,24+,25+/m0/s1. The molecule has 10 atom stereocenters. The minimum absolute atomic E-state index is 0.221. The van der Waals surface area contributed by atoms with Gasteiger partial charge in [0.2, 0.25) is 0 Å². The molecular weight excluding hydrogens is 548 g/mol. The first-order valence-electron chi connectivity index (χ1n) is 13.7. The Morgan fingerprint density at radius 1 is 0.561 bits per heavy atom. The monoisotopic (exact) mass is 588 g/mol. The molecule has 4 aliphatic rings. The van der Waals surface area contributed by atoms with E-state index in [4.69, 9.17) is 47.4 Å². The number of rotatable bonds is 8. The first-order valence-corrected chi connectivity index (χ1v) is 13.7. The topological polar surface area (TPSA) is 161 Å². The maximum atomic E-state index is 12.1. The van der Waals surface area contributed by atoms with E-state index >= 15 is 0 Å². The fourth-order valence-corrected chi connectivity index (χ4v) is 5.80. The van der Waals surface area contributed by atoms with E-state index in [1.54, 1.807) is 27.7 Å². The Labute approximate surface area is 238 Å². The highest BCUT2D eigenvalue weighted by Crippen LogP contribution is 2.45. The Morgan fingerprint density at radius 3 is 1.63 bits per heavy atom. The minimum Gasteiger partial charge on any atom is -0.463 e. The molecular formula is C27H40O14. The van der Waals surface area contributed by atoms with Crippen LogP contribution in [0.5, 0.6) is 0 Å². The lowest BCUT2D eigenvalue weighted by molar-refractivity contribution is -0.258. The van der Waals surface area contributed by atoms with E-state index in [-0.39, 0.29) is 13.0 Å². The van der Waals surface area contributed by atoms with Crippen LogP contribution in [0.2, 0.25) is 0 Å². The van der Waals surface area contributed by atoms with Crippen molar-refractivity contribution < 1.29 is 66.5 Å². The second-order valence-electron chi connectivity index (χ2n) is 11.5. The molecule has 0 aliphatic carbocycles. The molecule has 14 nitrogen and oxygen atoms in total. The van der Waals surface area contributed by atoms with E-state index in [1.165, 1.54) is 27.7 Å². The van der Waals surface area contributed by atoms with E-state index in [9.17, 15) is 19.2 Å². The normalized spacial score (nSPS) is 38.7. The minimum atomic E-state index is -1.23. The SMILES string of the molecule is CC(=O)OC[C@H]1O[C@@H](CC[C@H]2O[C@@H]3OC(C)(C)O[C@@H]3[C@H]3OC(C)(C)O[C@H]32)[C@H](OC(C)=O)[C@@H](OC(C)=O)[C@H]1OC(C)=O. The summed E-state index contributed by atoms with van der Waals surface area (Å²) >= 11 is 0. The van der Waals surface area contributed by atoms with E-state index in [1.807, 2.05) is 0 Å². The average molecular weight is 589 g/mol. The largest absolute Gasteiger partial charge is 0.463 e. The van der Waals surface area contributed by atoms with Crippen LogP contribution in [0, 0.1) is 0 Å². The van der Waals surface area contributed by atoms with Crippen LogP contribution < -0.4 is 0 Å². The molecule has 0 N–H and O–H groups in total. The summed E-state index contributed by atoms with van der Waals surface area (Å²) in [6, 6.07) is 0. The van der Waals surface area contributed by atoms with Crippen molar-refractivity contribution >= 4 is 23.9 Å². The van der Waals surface area contributed by atoms with Gasteiger partial charge in [-0.3, -0.25) is 19.2 Å². The summed E-state index contributed by atoms with van der Waals surface area (Å²) < 4.78 is 58.6. The van der Waals surface area contributed by atoms with Gasteiger partial charge in [0.05, 0.1) is 12.2 Å². The number of carbonyl (C=O) groups is 4. The third-order valence-electron chi connectivity index (χ3n) is 7.07. The van der Waals surface area contributed by atoms with Gasteiger partial charge in [0.15, 0.2) is 36.2 Å². The van der Waals surface area contributed by atoms with E-state index in [0.717, 1.165) is 0 Å². The van der Waals surface area contributed by atoms with Crippen LogP contribution in [0.4, 0.5) is 0 Å². The second kappa shape index (κ2) is 12.1. The Morgan fingerprint density at radius 2 is 1.05 bits per heavy atom. The molecule has 0 spiro atoms. The molecule has 0 saturated carbocycles. The summed E-state index contributed by atoms with van der Waals surface area (Å²) in [5.41, 5.74) is 0. The summed E-state index contributed by atoms with van der Waals surface area (Å²) in [4.78, 5) is 47.8. The van der Waals surface area contributed by atoms with Crippen molar-refractivity contribution in [2.75, 3.05) is 6.61 Å². The average Bonchev–Trinajstić information content (AvgIpc) is 3.32. The maximum Gasteiger partial charge on any atom is 0.303 e. The van der Waals surface area contributed by atoms with Gasteiger partial charge in [-0.1, -0.05) is 0 Å². The molecule has 0 aromatic heterocycles. The molecule has 14 heteroatoms. The number of fused-ring (bicyclic) bond motifs is 3. The lowest BCUT2D eigenvalue weighted by atomic mass is 9.89. The molecule has 0 aromatic rings. The zero-order valence-corrected chi connectivity index (χ0v) is 24.6. The predicted molar refractivity (Wildman–Crippen MR) is 134 cm³/mol. The van der Waals surface area contributed by atoms with Gasteiger partial charge >= 0.3 is 23.9 Å². The lowest BCUT2D eigenvalue weighted by Crippen LogP contribution is -2.62. The highest BCUT2D eigenvalue weighted by atomic mass is 16.9. The quantitative estimate of drug-likeness (QED) is 0.295. The highest BCUT2D eigenvalue weighted by molar-refractivity contribution is 5.68. The third-order valence-corrected chi connectivity index (χ3v) is 7.07. The molecule has 0 aromatic carbocycles. The maximum absolute atomic E-state index is 12.1. The number of carbonyl (C=O) groups excluding carboxylic acids is 4. The zero-order valence-electron chi connectivity index (χ0n) is 24.6. The molecule has 0 radical (unpaired) electrons. The van der Waals surface area contributed by atoms with Gasteiger partial charge in [0, 0.05) is 27.7 Å². The van der Waals surface area contributed by atoms with Gasteiger partial charge in [-0.2, -0.15) is 0 Å². The number of hydrogen-bond acceptors (Lipinski definition) is 14. The van der Waals surface area contributed by atoms with Gasteiger partial charge < -0.3 is 47.4 Å². The van der Waals surface area contributed by atoms with E-state index < -0.39 is 96.7 Å². The summed E-state index contributed by atoms with van der Waals surface area (Å²) in [5, 5.41) is 0. The predicted octanol–water partition coefficient (Wildman–Crippen LogP) is 1.29. The van der Waals surface area contributed by atoms with Crippen LogP contribution in [0.3, 0.4) is 0 Å². The first-order chi connectivity index (χ1) is 19.0. The van der Waals surface area contributed by atoms with Crippen LogP contribution >= 0.6 is 0 Å². The summed E-state index contributed by atoms with van der Waals surface area (Å²) in [7, 11) is 0. The molecule has 4 rings (SSSR count). The molecule has 4 fully saturated rings. The fraction of sp³-hybridized carbons (Fsp3) is 0.852. The van der Waals surface area contributed by atoms with Gasteiger partial charge in [-0.25, -0.2) is 0 Å². The number of ether oxygens (including phenoxy) is 10. The smallest absolute Gasteiger partial charge is 0.303 e. The lowest BCUT2D eigenvalue weighted by Gasteiger charge is -2.45. The summed E-state index contributed by atoms with van der Waals surface area (Å²) in [5.74, 6) is -4.41. The fourth-order valence-electron chi connectivity index (χ4n) is 5.80. The highest BCUT2D eigenvalue weighted by Gasteiger charge is 2.61. The number of hydrogen-bond donors (Lipinski definition) is 0. The van der Waals surface area contributed by atoms with Crippen LogP contribution in [0.1, 0.15) is 68.2 Å². The van der Waals surface area contributed by atoms with Crippen LogP contribution in [-0.2, 0) is 66.5 Å². The summed E-state index contributed by atoms with van der Waals surface area (Å²) in [6.45, 7) is 11.7. The molecule has 232 valence electrons. The van der Waals surface area contributed by atoms with Crippen LogP contribution in [0.25, 0.3) is 0 Å². The Kier molecular flexibility index (Phi) is 9.31. The Hall–Kier alpha value is -2.36. The van der Waals surface area contributed by atoms with Crippen LogP contribution in [-0.4, -0.2) is 103 Å². The molecule has 0 amide bonds. The molecule has 0 bridgehead atoms. The van der Waals surface area contributed by atoms with Crippen molar-refractivity contribution in [3.05, 3.63) is 0 Å². The first kappa shape index (κ1) is 31.6. The van der Waals surface area contributed by atoms with Gasteiger partial charge in [-0.15, -0.1) is 0 Å². The molecule has 4 aliphatic heterocycles. The summed E-state index contributed by atoms with van der Waals surface area (Å²) in [6.07, 6.45) is -7.67. The molecule has 41 heavy (non-hydrogen) atoms. The van der Waals surface area contributed by atoms with E-state index in [2.05, 4.69) is 0 Å². The second-order valence-corrected chi connectivity index (χ2v) is 11.5. The Bertz CT molecular complexity index is 1010.